The van der Waals surface area contributed by atoms with E-state index in [0.29, 0.717) is 0 Å². The lowest BCUT2D eigenvalue weighted by Crippen LogP contribution is -2.61. The van der Waals surface area contributed by atoms with Gasteiger partial charge in [-0.3, -0.25) is 0 Å². The molecule has 0 amide bonds. The van der Waals surface area contributed by atoms with Crippen LogP contribution in [0.25, 0.3) is 0 Å². The Morgan fingerprint density at radius 3 is 1.34 bits per heavy atom. The molecule has 32 heavy (non-hydrogen) atoms. The van der Waals surface area contributed by atoms with Crippen LogP contribution in [0.5, 0.6) is 0 Å². The van der Waals surface area contributed by atoms with Gasteiger partial charge in [0.05, 0.1) is 17.6 Å². The van der Waals surface area contributed by atoms with Crippen LogP contribution in [0.2, 0.25) is 0 Å². The molecule has 1 atom stereocenters. The molecule has 1 aromatic carbocycles. The van der Waals surface area contributed by atoms with Gasteiger partial charge in [0, 0.05) is 0 Å². The van der Waals surface area contributed by atoms with Gasteiger partial charge >= 0.3 is 23.9 Å². The molecule has 0 aliphatic heterocycles. The van der Waals surface area contributed by atoms with Crippen molar-refractivity contribution in [2.75, 3.05) is 0 Å². The van der Waals surface area contributed by atoms with Gasteiger partial charge in [-0.15, -0.1) is 0 Å². The molecule has 0 saturated heterocycles. The van der Waals surface area contributed by atoms with Crippen LogP contribution in [0.15, 0.2) is 0 Å². The zero-order chi connectivity index (χ0) is 25.7. The number of hydrogen-bond acceptors (Lipinski definition) is 2. The zero-order valence-corrected chi connectivity index (χ0v) is 15.9. The zero-order valence-electron chi connectivity index (χ0n) is 15.9. The van der Waals surface area contributed by atoms with Crippen molar-refractivity contribution in [3.63, 3.8) is 0 Å². The van der Waals surface area contributed by atoms with Crippen LogP contribution in [0, 0.1) is 29.1 Å². The van der Waals surface area contributed by atoms with Gasteiger partial charge in [0.2, 0.25) is 5.82 Å². The van der Waals surface area contributed by atoms with Crippen molar-refractivity contribution in [3.05, 3.63) is 34.6 Å². The predicted molar refractivity (Wildman–Crippen MR) is 76.4 cm³/mol. The Morgan fingerprint density at radius 1 is 0.625 bits per heavy atom. The van der Waals surface area contributed by atoms with Gasteiger partial charge in [-0.05, 0) is 20.8 Å². The summed E-state index contributed by atoms with van der Waals surface area (Å²) in [7, 11) is 0. The van der Waals surface area contributed by atoms with Gasteiger partial charge in [0.25, 0.3) is 0 Å². The van der Waals surface area contributed by atoms with Gasteiger partial charge in [0.15, 0.2) is 23.3 Å². The number of benzene rings is 1. The number of hydrogen-bond donors (Lipinski definition) is 0. The highest BCUT2D eigenvalue weighted by molar-refractivity contribution is 5.26. The molecule has 0 bridgehead atoms. The molecule has 0 aliphatic rings. The third-order valence-electron chi connectivity index (χ3n) is 3.63. The minimum atomic E-state index is -7.37. The Balaban J connectivity index is 3.64. The minimum absolute atomic E-state index is 1.05. The van der Waals surface area contributed by atoms with Crippen molar-refractivity contribution < 1.29 is 71.2 Å². The van der Waals surface area contributed by atoms with E-state index < -0.39 is 76.7 Å². The van der Waals surface area contributed by atoms with Gasteiger partial charge in [-0.2, -0.15) is 39.5 Å². The van der Waals surface area contributed by atoms with Gasteiger partial charge < -0.3 is 0 Å². The third kappa shape index (κ3) is 5.05. The van der Waals surface area contributed by atoms with Gasteiger partial charge in [-0.1, -0.05) is 0 Å². The molecule has 0 fully saturated rings. The SMILES string of the molecule is CC(C)(C)OOC(CC(F)(F)C(F)(F)C(F)(F)C(F)(F)F)c1c(F)c(F)c(F)c(F)c1F. The summed E-state index contributed by atoms with van der Waals surface area (Å²) in [6, 6.07) is 0. The molecule has 16 heteroatoms. The topological polar surface area (TPSA) is 18.5 Å². The van der Waals surface area contributed by atoms with E-state index in [9.17, 15) is 61.5 Å². The van der Waals surface area contributed by atoms with E-state index in [-0.39, 0.29) is 0 Å². The smallest absolute Gasteiger partial charge is 0.230 e. The molecule has 1 aromatic rings. The normalized spacial score (nSPS) is 15.3. The average Bonchev–Trinajstić information content (AvgIpc) is 2.60. The highest BCUT2D eigenvalue weighted by atomic mass is 19.4. The van der Waals surface area contributed by atoms with Crippen LogP contribution < -0.4 is 0 Å². The fourth-order valence-electron chi connectivity index (χ4n) is 2.06. The van der Waals surface area contributed by atoms with E-state index in [1.807, 2.05) is 0 Å². The van der Waals surface area contributed by atoms with E-state index >= 15 is 0 Å². The van der Waals surface area contributed by atoms with Crippen molar-refractivity contribution in [2.24, 2.45) is 0 Å². The van der Waals surface area contributed by atoms with E-state index in [1.54, 1.807) is 0 Å². The van der Waals surface area contributed by atoms with Crippen LogP contribution in [0.1, 0.15) is 38.9 Å². The molecule has 1 rings (SSSR count). The first kappa shape index (κ1) is 28.2. The second-order valence-electron chi connectivity index (χ2n) is 7.32. The molecule has 0 radical (unpaired) electrons. The molecule has 0 saturated carbocycles. The summed E-state index contributed by atoms with van der Waals surface area (Å²) >= 11 is 0. The van der Waals surface area contributed by atoms with Crippen molar-refractivity contribution >= 4 is 0 Å². The second-order valence-corrected chi connectivity index (χ2v) is 7.32. The lowest BCUT2D eigenvalue weighted by molar-refractivity contribution is -0.413. The molecule has 0 N–H and O–H groups in total. The highest BCUT2D eigenvalue weighted by Gasteiger charge is 2.81. The molecule has 1 unspecified atom stereocenters. The fraction of sp³-hybridized carbons (Fsp3) is 0.625. The summed E-state index contributed by atoms with van der Waals surface area (Å²) in [5.74, 6) is -35.2. The van der Waals surface area contributed by atoms with Gasteiger partial charge in [-0.25, -0.2) is 31.7 Å². The highest BCUT2D eigenvalue weighted by Crippen LogP contribution is 2.55. The molecule has 0 spiro atoms. The largest absolute Gasteiger partial charge is 0.460 e. The van der Waals surface area contributed by atoms with E-state index in [4.69, 9.17) is 0 Å². The molecule has 186 valence electrons. The summed E-state index contributed by atoms with van der Waals surface area (Å²) in [5.41, 5.74) is -3.99. The van der Waals surface area contributed by atoms with E-state index in [2.05, 4.69) is 9.78 Å². The summed E-state index contributed by atoms with van der Waals surface area (Å²) in [5, 5.41) is 0. The lowest BCUT2D eigenvalue weighted by atomic mass is 9.94. The van der Waals surface area contributed by atoms with Crippen LogP contribution in [0.4, 0.5) is 61.5 Å². The maximum atomic E-state index is 14.0. The number of rotatable bonds is 7. The molecular formula is C16H12F14O2. The Labute approximate surface area is 170 Å². The van der Waals surface area contributed by atoms with Crippen molar-refractivity contribution in [3.8, 4) is 0 Å². The van der Waals surface area contributed by atoms with Crippen molar-refractivity contribution in [1.29, 1.82) is 0 Å². The molecule has 2 nitrogen and oxygen atoms in total. The maximum absolute atomic E-state index is 14.0. The molecule has 0 aliphatic carbocycles. The Morgan fingerprint density at radius 2 is 1.00 bits per heavy atom. The van der Waals surface area contributed by atoms with E-state index in [0.717, 1.165) is 20.8 Å². The first-order valence-electron chi connectivity index (χ1n) is 8.05. The van der Waals surface area contributed by atoms with Crippen LogP contribution in [-0.2, 0) is 9.78 Å². The summed E-state index contributed by atoms with van der Waals surface area (Å²) in [6.07, 6.45) is -13.8. The van der Waals surface area contributed by atoms with Crippen LogP contribution in [-0.4, -0.2) is 29.5 Å². The Kier molecular flexibility index (Phi) is 7.49. The maximum Gasteiger partial charge on any atom is 0.460 e. The van der Waals surface area contributed by atoms with Crippen molar-refractivity contribution in [1.82, 2.24) is 0 Å². The Hall–Kier alpha value is -1.84. The Bertz CT molecular complexity index is 812. The standard InChI is InChI=1S/C16H12F14O2/c1-12(2,3)32-31-5(6-7(17)9(19)11(21)10(20)8(6)18)4-13(22,23)14(24,25)15(26,27)16(28,29)30/h5H,4H2,1-3H3. The van der Waals surface area contributed by atoms with Crippen LogP contribution in [0.3, 0.4) is 0 Å². The number of halogens is 14. The predicted octanol–water partition coefficient (Wildman–Crippen LogP) is 7.03. The second kappa shape index (κ2) is 8.50. The minimum Gasteiger partial charge on any atom is -0.230 e. The fourth-order valence-corrected chi connectivity index (χ4v) is 2.06. The van der Waals surface area contributed by atoms with E-state index in [1.165, 1.54) is 0 Å². The third-order valence-corrected chi connectivity index (χ3v) is 3.63. The molecular weight excluding hydrogens is 490 g/mol. The lowest BCUT2D eigenvalue weighted by Gasteiger charge is -2.35. The monoisotopic (exact) mass is 502 g/mol. The van der Waals surface area contributed by atoms with Crippen LogP contribution >= 0.6 is 0 Å². The molecule has 0 heterocycles. The first-order valence-corrected chi connectivity index (χ1v) is 8.05. The van der Waals surface area contributed by atoms with Gasteiger partial charge in [0.1, 0.15) is 6.10 Å². The summed E-state index contributed by atoms with van der Waals surface area (Å²) in [6.45, 7) is 3.15. The summed E-state index contributed by atoms with van der Waals surface area (Å²) in [4.78, 5) is 8.38. The number of alkyl halides is 9. The average molecular weight is 502 g/mol. The van der Waals surface area contributed by atoms with Crippen molar-refractivity contribution in [2.45, 2.75) is 62.8 Å². The summed E-state index contributed by atoms with van der Waals surface area (Å²) < 4.78 is 186. The molecule has 0 aromatic heterocycles. The quantitative estimate of drug-likeness (QED) is 0.131. The first-order chi connectivity index (χ1) is 14.0.